The van der Waals surface area contributed by atoms with Gasteiger partial charge in [0.2, 0.25) is 5.91 Å². The summed E-state index contributed by atoms with van der Waals surface area (Å²) in [4.78, 5) is 16.3. The minimum absolute atomic E-state index is 0.0277. The molecule has 0 radical (unpaired) electrons. The number of hydrogen-bond acceptors (Lipinski definition) is 4. The lowest BCUT2D eigenvalue weighted by molar-refractivity contribution is -0.124. The number of para-hydroxylation sites is 2. The predicted molar refractivity (Wildman–Crippen MR) is 100 cm³/mol. The molecule has 3 rings (SSSR count). The molecule has 1 aromatic heterocycles. The number of rotatable bonds is 8. The van der Waals surface area contributed by atoms with Crippen LogP contribution in [0.15, 0.2) is 48.5 Å². The average molecular weight is 374 g/mol. The van der Waals surface area contributed by atoms with Gasteiger partial charge in [0, 0.05) is 12.1 Å². The van der Waals surface area contributed by atoms with Gasteiger partial charge in [-0.25, -0.2) is 4.98 Å². The van der Waals surface area contributed by atoms with E-state index in [1.54, 1.807) is 12.1 Å². The zero-order valence-corrected chi connectivity index (χ0v) is 15.2. The number of halogens is 1. The average Bonchev–Trinajstić information content (AvgIpc) is 3.00. The molecular weight excluding hydrogens is 354 g/mol. The van der Waals surface area contributed by atoms with Crippen molar-refractivity contribution in [3.63, 3.8) is 0 Å². The summed E-state index contributed by atoms with van der Waals surface area (Å²) in [6.45, 7) is 1.44. The SMILES string of the molecule is COCC(=O)NCc1nc2ccccc2n1CCOc1ccc(Cl)cc1. The lowest BCUT2D eigenvalue weighted by Gasteiger charge is -2.11. The van der Waals surface area contributed by atoms with Crippen molar-refractivity contribution in [3.05, 3.63) is 59.4 Å². The molecule has 1 N–H and O–H groups in total. The molecule has 1 heterocycles. The highest BCUT2D eigenvalue weighted by Crippen LogP contribution is 2.18. The van der Waals surface area contributed by atoms with Gasteiger partial charge in [-0.1, -0.05) is 23.7 Å². The third-order valence-corrected chi connectivity index (χ3v) is 4.10. The highest BCUT2D eigenvalue weighted by atomic mass is 35.5. The summed E-state index contributed by atoms with van der Waals surface area (Å²) in [7, 11) is 1.49. The van der Waals surface area contributed by atoms with Crippen molar-refractivity contribution in [2.75, 3.05) is 20.3 Å². The van der Waals surface area contributed by atoms with Gasteiger partial charge < -0.3 is 19.4 Å². The molecule has 26 heavy (non-hydrogen) atoms. The van der Waals surface area contributed by atoms with E-state index in [0.717, 1.165) is 22.6 Å². The van der Waals surface area contributed by atoms with Crippen molar-refractivity contribution in [2.45, 2.75) is 13.1 Å². The number of benzene rings is 2. The van der Waals surface area contributed by atoms with E-state index in [1.807, 2.05) is 36.4 Å². The van der Waals surface area contributed by atoms with Crippen LogP contribution in [0.3, 0.4) is 0 Å². The summed E-state index contributed by atoms with van der Waals surface area (Å²) >= 11 is 5.88. The first-order valence-corrected chi connectivity index (χ1v) is 8.63. The Balaban J connectivity index is 1.71. The van der Waals surface area contributed by atoms with Crippen molar-refractivity contribution in [1.82, 2.24) is 14.9 Å². The molecule has 6 nitrogen and oxygen atoms in total. The highest BCUT2D eigenvalue weighted by molar-refractivity contribution is 6.30. The second kappa shape index (κ2) is 8.69. The first-order valence-electron chi connectivity index (χ1n) is 8.25. The van der Waals surface area contributed by atoms with Crippen molar-refractivity contribution >= 4 is 28.5 Å². The van der Waals surface area contributed by atoms with Crippen LogP contribution in [0.5, 0.6) is 5.75 Å². The summed E-state index contributed by atoms with van der Waals surface area (Å²) < 4.78 is 12.7. The largest absolute Gasteiger partial charge is 0.492 e. The van der Waals surface area contributed by atoms with Gasteiger partial charge in [0.1, 0.15) is 24.8 Å². The fraction of sp³-hybridized carbons (Fsp3) is 0.263. The summed E-state index contributed by atoms with van der Waals surface area (Å²) in [6.07, 6.45) is 0. The summed E-state index contributed by atoms with van der Waals surface area (Å²) in [5.41, 5.74) is 1.89. The van der Waals surface area contributed by atoms with Crippen LogP contribution in [0.1, 0.15) is 5.82 Å². The number of ether oxygens (including phenoxy) is 2. The van der Waals surface area contributed by atoms with Gasteiger partial charge in [-0.15, -0.1) is 0 Å². The standard InChI is InChI=1S/C19H20ClN3O3/c1-25-13-19(24)21-12-18-22-16-4-2-3-5-17(16)23(18)10-11-26-15-8-6-14(20)7-9-15/h2-9H,10-13H2,1H3,(H,21,24). The molecule has 3 aromatic rings. The fourth-order valence-electron chi connectivity index (χ4n) is 2.66. The quantitative estimate of drug-likeness (QED) is 0.659. The molecular formula is C19H20ClN3O3. The Morgan fingerprint density at radius 2 is 1.96 bits per heavy atom. The number of carbonyl (C=O) groups excluding carboxylic acids is 1. The van der Waals surface area contributed by atoms with E-state index in [9.17, 15) is 4.79 Å². The summed E-state index contributed by atoms with van der Waals surface area (Å²) in [6, 6.07) is 15.1. The molecule has 0 saturated heterocycles. The smallest absolute Gasteiger partial charge is 0.246 e. The lowest BCUT2D eigenvalue weighted by Crippen LogP contribution is -2.28. The normalized spacial score (nSPS) is 10.8. The topological polar surface area (TPSA) is 65.4 Å². The second-order valence-corrected chi connectivity index (χ2v) is 6.12. The second-order valence-electron chi connectivity index (χ2n) is 5.68. The summed E-state index contributed by atoms with van der Waals surface area (Å²) in [5, 5.41) is 3.49. The minimum atomic E-state index is -0.177. The first kappa shape index (κ1) is 18.2. The van der Waals surface area contributed by atoms with E-state index in [-0.39, 0.29) is 12.5 Å². The van der Waals surface area contributed by atoms with Gasteiger partial charge in [-0.2, -0.15) is 0 Å². The van der Waals surface area contributed by atoms with Gasteiger partial charge in [-0.3, -0.25) is 4.79 Å². The van der Waals surface area contributed by atoms with Crippen LogP contribution < -0.4 is 10.1 Å². The number of aromatic nitrogens is 2. The molecule has 0 fully saturated rings. The van der Waals surface area contributed by atoms with E-state index >= 15 is 0 Å². The van der Waals surface area contributed by atoms with Crippen LogP contribution in [0.25, 0.3) is 11.0 Å². The van der Waals surface area contributed by atoms with Crippen LogP contribution in [0.4, 0.5) is 0 Å². The van der Waals surface area contributed by atoms with Crippen LogP contribution in [0.2, 0.25) is 5.02 Å². The molecule has 0 saturated carbocycles. The van der Waals surface area contributed by atoms with Crippen LogP contribution >= 0.6 is 11.6 Å². The molecule has 136 valence electrons. The summed E-state index contributed by atoms with van der Waals surface area (Å²) in [5.74, 6) is 1.35. The predicted octanol–water partition coefficient (Wildman–Crippen LogP) is 3.03. The van der Waals surface area contributed by atoms with Gasteiger partial charge >= 0.3 is 0 Å². The van der Waals surface area contributed by atoms with Gasteiger partial charge in [0.25, 0.3) is 0 Å². The van der Waals surface area contributed by atoms with E-state index in [2.05, 4.69) is 14.9 Å². The zero-order valence-electron chi connectivity index (χ0n) is 14.4. The molecule has 0 aliphatic heterocycles. The zero-order chi connectivity index (χ0) is 18.4. The Morgan fingerprint density at radius 1 is 1.19 bits per heavy atom. The molecule has 0 bridgehead atoms. The third-order valence-electron chi connectivity index (χ3n) is 3.85. The molecule has 1 amide bonds. The number of nitrogens with one attached hydrogen (secondary N) is 1. The van der Waals surface area contributed by atoms with Crippen molar-refractivity contribution in [3.8, 4) is 5.75 Å². The molecule has 0 spiro atoms. The number of carbonyl (C=O) groups is 1. The third kappa shape index (κ3) is 4.53. The van der Waals surface area contributed by atoms with Crippen LogP contribution in [0, 0.1) is 0 Å². The minimum Gasteiger partial charge on any atom is -0.492 e. The number of fused-ring (bicyclic) bond motifs is 1. The van der Waals surface area contributed by atoms with Gasteiger partial charge in [-0.05, 0) is 36.4 Å². The maximum atomic E-state index is 11.7. The number of imidazole rings is 1. The molecule has 0 atom stereocenters. The molecule has 2 aromatic carbocycles. The van der Waals surface area contributed by atoms with E-state index < -0.39 is 0 Å². The maximum absolute atomic E-state index is 11.7. The van der Waals surface area contributed by atoms with Gasteiger partial charge in [0.15, 0.2) is 0 Å². The molecule has 0 aliphatic carbocycles. The molecule has 0 unspecified atom stereocenters. The van der Waals surface area contributed by atoms with Crippen LogP contribution in [-0.4, -0.2) is 35.8 Å². The van der Waals surface area contributed by atoms with E-state index in [0.29, 0.717) is 24.7 Å². The Labute approximate surface area is 156 Å². The van der Waals surface area contributed by atoms with E-state index in [1.165, 1.54) is 7.11 Å². The number of methoxy groups -OCH3 is 1. The maximum Gasteiger partial charge on any atom is 0.246 e. The monoisotopic (exact) mass is 373 g/mol. The molecule has 7 heteroatoms. The Morgan fingerprint density at radius 3 is 2.73 bits per heavy atom. The lowest BCUT2D eigenvalue weighted by atomic mass is 10.3. The Hall–Kier alpha value is -2.57. The Bertz CT molecular complexity index is 877. The number of hydrogen-bond donors (Lipinski definition) is 1. The fourth-order valence-corrected chi connectivity index (χ4v) is 2.78. The number of nitrogens with zero attached hydrogens (tertiary/aromatic N) is 2. The van der Waals surface area contributed by atoms with Crippen molar-refractivity contribution in [1.29, 1.82) is 0 Å². The van der Waals surface area contributed by atoms with Gasteiger partial charge in [0.05, 0.1) is 24.1 Å². The van der Waals surface area contributed by atoms with Crippen molar-refractivity contribution < 1.29 is 14.3 Å². The van der Waals surface area contributed by atoms with Crippen molar-refractivity contribution in [2.24, 2.45) is 0 Å². The van der Waals surface area contributed by atoms with E-state index in [4.69, 9.17) is 21.1 Å². The van der Waals surface area contributed by atoms with Crippen LogP contribution in [-0.2, 0) is 22.6 Å². The number of amides is 1. The highest BCUT2D eigenvalue weighted by Gasteiger charge is 2.11. The molecule has 0 aliphatic rings. The first-order chi connectivity index (χ1) is 12.7. The Kier molecular flexibility index (Phi) is 6.09.